The average Bonchev–Trinajstić information content (AvgIpc) is 2.35. The molecule has 9 heteroatoms. The molecule has 21 heavy (non-hydrogen) atoms. The number of ether oxygens (including phenoxy) is 1. The number of methoxy groups -OCH3 is 1. The summed E-state index contributed by atoms with van der Waals surface area (Å²) in [4.78, 5) is 11.7. The number of anilines is 1. The van der Waals surface area contributed by atoms with Gasteiger partial charge in [-0.3, -0.25) is 4.79 Å². The molecular formula is C12H15ClF3N3O2. The monoisotopic (exact) mass is 325 g/mol. The lowest BCUT2D eigenvalue weighted by Gasteiger charge is -2.40. The minimum atomic E-state index is -4.53. The molecule has 5 nitrogen and oxygen atoms in total. The Bertz CT molecular complexity index is 564. The van der Waals surface area contributed by atoms with Gasteiger partial charge in [0.15, 0.2) is 0 Å². The van der Waals surface area contributed by atoms with Crippen LogP contribution in [0.25, 0.3) is 0 Å². The van der Waals surface area contributed by atoms with E-state index in [2.05, 4.69) is 10.4 Å². The van der Waals surface area contributed by atoms with Gasteiger partial charge in [-0.2, -0.15) is 18.3 Å². The van der Waals surface area contributed by atoms with Gasteiger partial charge in [-0.25, -0.2) is 4.68 Å². The maximum atomic E-state index is 12.3. The van der Waals surface area contributed by atoms with Crippen LogP contribution in [0.5, 0.6) is 0 Å². The van der Waals surface area contributed by atoms with Crippen molar-refractivity contribution in [3.05, 3.63) is 21.6 Å². The van der Waals surface area contributed by atoms with Crippen LogP contribution in [0.15, 0.2) is 11.0 Å². The van der Waals surface area contributed by atoms with Gasteiger partial charge in [0.05, 0.1) is 17.5 Å². The smallest absolute Gasteiger partial charge is 0.379 e. The SMILES string of the molecule is COC1(CNc2cnn(CC(F)(F)F)c(=O)c2Cl)CCC1. The Morgan fingerprint density at radius 1 is 1.52 bits per heavy atom. The number of hydrogen-bond donors (Lipinski definition) is 1. The average molecular weight is 326 g/mol. The molecule has 1 aromatic heterocycles. The number of halogens is 4. The molecule has 2 rings (SSSR count). The molecule has 0 amide bonds. The topological polar surface area (TPSA) is 56.1 Å². The number of nitrogens with one attached hydrogen (secondary N) is 1. The van der Waals surface area contributed by atoms with Crippen LogP contribution >= 0.6 is 11.6 Å². The number of rotatable bonds is 5. The fourth-order valence-corrected chi connectivity index (χ4v) is 2.36. The molecule has 0 radical (unpaired) electrons. The van der Waals surface area contributed by atoms with Crippen LogP contribution in [-0.4, -0.2) is 35.2 Å². The summed E-state index contributed by atoms with van der Waals surface area (Å²) >= 11 is 5.82. The maximum absolute atomic E-state index is 12.3. The van der Waals surface area contributed by atoms with Crippen molar-refractivity contribution in [2.24, 2.45) is 0 Å². The van der Waals surface area contributed by atoms with E-state index in [4.69, 9.17) is 16.3 Å². The van der Waals surface area contributed by atoms with Gasteiger partial charge in [-0.05, 0) is 19.3 Å². The predicted octanol–water partition coefficient (Wildman–Crippen LogP) is 2.44. The summed E-state index contributed by atoms with van der Waals surface area (Å²) in [5, 5.41) is 6.11. The van der Waals surface area contributed by atoms with Gasteiger partial charge in [0.2, 0.25) is 0 Å². The Balaban J connectivity index is 2.12. The summed E-state index contributed by atoms with van der Waals surface area (Å²) in [6.07, 6.45) is -0.591. The first-order valence-corrected chi connectivity index (χ1v) is 6.75. The zero-order chi connectivity index (χ0) is 15.7. The van der Waals surface area contributed by atoms with Crippen LogP contribution in [0.2, 0.25) is 5.02 Å². The lowest BCUT2D eigenvalue weighted by atomic mass is 9.80. The molecule has 1 fully saturated rings. The van der Waals surface area contributed by atoms with E-state index in [1.807, 2.05) is 0 Å². The first-order valence-electron chi connectivity index (χ1n) is 6.38. The molecule has 1 saturated carbocycles. The van der Waals surface area contributed by atoms with Crippen molar-refractivity contribution in [2.45, 2.75) is 37.6 Å². The molecule has 1 heterocycles. The van der Waals surface area contributed by atoms with Gasteiger partial charge in [-0.1, -0.05) is 11.6 Å². The summed E-state index contributed by atoms with van der Waals surface area (Å²) < 4.78 is 42.5. The lowest BCUT2D eigenvalue weighted by Crippen LogP contribution is -2.45. The third-order valence-corrected chi connectivity index (χ3v) is 3.98. The zero-order valence-electron chi connectivity index (χ0n) is 11.3. The third-order valence-electron chi connectivity index (χ3n) is 3.61. The number of aromatic nitrogens is 2. The maximum Gasteiger partial charge on any atom is 0.408 e. The Kier molecular flexibility index (Phi) is 4.48. The quantitative estimate of drug-likeness (QED) is 0.903. The van der Waals surface area contributed by atoms with Gasteiger partial charge < -0.3 is 10.1 Å². The highest BCUT2D eigenvalue weighted by Gasteiger charge is 2.37. The number of nitrogens with zero attached hydrogens (tertiary/aromatic N) is 2. The van der Waals surface area contributed by atoms with Crippen molar-refractivity contribution in [3.8, 4) is 0 Å². The second-order valence-corrected chi connectivity index (χ2v) is 5.42. The molecule has 1 N–H and O–H groups in total. The van der Waals surface area contributed by atoms with Crippen LogP contribution in [0, 0.1) is 0 Å². The van der Waals surface area contributed by atoms with Crippen molar-refractivity contribution in [1.29, 1.82) is 0 Å². The van der Waals surface area contributed by atoms with Crippen LogP contribution < -0.4 is 10.9 Å². The highest BCUT2D eigenvalue weighted by atomic mass is 35.5. The van der Waals surface area contributed by atoms with Crippen molar-refractivity contribution < 1.29 is 17.9 Å². The van der Waals surface area contributed by atoms with Gasteiger partial charge in [-0.15, -0.1) is 0 Å². The Labute approximate surface area is 124 Å². The zero-order valence-corrected chi connectivity index (χ0v) is 12.1. The van der Waals surface area contributed by atoms with E-state index in [-0.39, 0.29) is 16.3 Å². The number of hydrogen-bond acceptors (Lipinski definition) is 4. The van der Waals surface area contributed by atoms with E-state index in [1.54, 1.807) is 7.11 Å². The third kappa shape index (κ3) is 3.68. The van der Waals surface area contributed by atoms with Crippen LogP contribution in [0.1, 0.15) is 19.3 Å². The van der Waals surface area contributed by atoms with Crippen molar-refractivity contribution in [2.75, 3.05) is 19.0 Å². The minimum absolute atomic E-state index is 0.211. The van der Waals surface area contributed by atoms with Crippen LogP contribution in [-0.2, 0) is 11.3 Å². The standard InChI is InChI=1S/C12H15ClF3N3O2/c1-21-11(3-2-4-11)6-17-8-5-18-19(7-12(14,15)16)10(20)9(8)13/h5,17H,2-4,6-7H2,1H3. The largest absolute Gasteiger partial charge is 0.408 e. The fraction of sp³-hybridized carbons (Fsp3) is 0.667. The van der Waals surface area contributed by atoms with Crippen molar-refractivity contribution in [1.82, 2.24) is 9.78 Å². The Hall–Kier alpha value is -1.28. The Morgan fingerprint density at radius 2 is 2.19 bits per heavy atom. The van der Waals surface area contributed by atoms with E-state index >= 15 is 0 Å². The molecule has 0 spiro atoms. The van der Waals surface area contributed by atoms with E-state index < -0.39 is 18.3 Å². The molecular weight excluding hydrogens is 311 g/mol. The summed E-state index contributed by atoms with van der Waals surface area (Å²) in [5.74, 6) is 0. The number of alkyl halides is 3. The molecule has 0 unspecified atom stereocenters. The normalized spacial score (nSPS) is 17.4. The summed E-state index contributed by atoms with van der Waals surface area (Å²) in [6.45, 7) is -1.04. The fourth-order valence-electron chi connectivity index (χ4n) is 2.15. The Morgan fingerprint density at radius 3 is 2.67 bits per heavy atom. The minimum Gasteiger partial charge on any atom is -0.379 e. The van der Waals surface area contributed by atoms with Crippen LogP contribution in [0.4, 0.5) is 18.9 Å². The van der Waals surface area contributed by atoms with Gasteiger partial charge in [0.25, 0.3) is 5.56 Å². The molecule has 0 saturated heterocycles. The molecule has 0 atom stereocenters. The van der Waals surface area contributed by atoms with Gasteiger partial charge >= 0.3 is 6.18 Å². The molecule has 1 aliphatic carbocycles. The van der Waals surface area contributed by atoms with E-state index in [0.717, 1.165) is 25.5 Å². The molecule has 0 bridgehead atoms. The second-order valence-electron chi connectivity index (χ2n) is 5.04. The van der Waals surface area contributed by atoms with Gasteiger partial charge in [0.1, 0.15) is 11.6 Å². The highest BCUT2D eigenvalue weighted by molar-refractivity contribution is 6.32. The first kappa shape index (κ1) is 16.1. The highest BCUT2D eigenvalue weighted by Crippen LogP contribution is 2.35. The first-order chi connectivity index (χ1) is 9.76. The van der Waals surface area contributed by atoms with Crippen molar-refractivity contribution in [3.63, 3.8) is 0 Å². The van der Waals surface area contributed by atoms with E-state index in [9.17, 15) is 18.0 Å². The second kappa shape index (κ2) is 5.84. The van der Waals surface area contributed by atoms with Gasteiger partial charge in [0, 0.05) is 13.7 Å². The molecule has 1 aromatic rings. The molecule has 0 aromatic carbocycles. The summed E-state index contributed by atoms with van der Waals surface area (Å²) in [5.41, 5.74) is -1.06. The predicted molar refractivity (Wildman–Crippen MR) is 71.6 cm³/mol. The summed E-state index contributed by atoms with van der Waals surface area (Å²) in [7, 11) is 1.60. The molecule has 0 aliphatic heterocycles. The molecule has 1 aliphatic rings. The lowest BCUT2D eigenvalue weighted by molar-refractivity contribution is -0.143. The summed E-state index contributed by atoms with van der Waals surface area (Å²) in [6, 6.07) is 0. The van der Waals surface area contributed by atoms with E-state index in [1.165, 1.54) is 0 Å². The molecule has 118 valence electrons. The van der Waals surface area contributed by atoms with E-state index in [0.29, 0.717) is 11.2 Å². The van der Waals surface area contributed by atoms with Crippen LogP contribution in [0.3, 0.4) is 0 Å². The van der Waals surface area contributed by atoms with Crippen molar-refractivity contribution >= 4 is 17.3 Å².